The van der Waals surface area contributed by atoms with Gasteiger partial charge in [0, 0.05) is 42.8 Å². The standard InChI is InChI=1S/C23H26N4O2/c24-22(28)16-26-12-10-18(11-13-26)25-23(29)20-15-27(14-17-6-2-1-3-7-17)21-9-5-4-8-19(20)21/h1-9,15,18H,10-14,16H2,(H2,24,28)(H,25,29). The molecule has 1 aliphatic rings. The number of benzene rings is 2. The fourth-order valence-corrected chi connectivity index (χ4v) is 4.06. The van der Waals surface area contributed by atoms with Gasteiger partial charge in [-0.25, -0.2) is 0 Å². The summed E-state index contributed by atoms with van der Waals surface area (Å²) >= 11 is 0. The highest BCUT2D eigenvalue weighted by Crippen LogP contribution is 2.23. The molecule has 4 rings (SSSR count). The van der Waals surface area contributed by atoms with Crippen LogP contribution in [0.3, 0.4) is 0 Å². The number of nitrogens with two attached hydrogens (primary N) is 1. The summed E-state index contributed by atoms with van der Waals surface area (Å²) in [6.45, 7) is 2.54. The van der Waals surface area contributed by atoms with Gasteiger partial charge in [-0.15, -0.1) is 0 Å². The minimum Gasteiger partial charge on any atom is -0.369 e. The molecule has 0 aliphatic carbocycles. The SMILES string of the molecule is NC(=O)CN1CCC(NC(=O)c2cn(Cc3ccccc3)c3ccccc23)CC1. The van der Waals surface area contributed by atoms with Crippen molar-refractivity contribution in [3.05, 3.63) is 71.9 Å². The smallest absolute Gasteiger partial charge is 0.253 e. The van der Waals surface area contributed by atoms with E-state index in [4.69, 9.17) is 5.73 Å². The molecular weight excluding hydrogens is 364 g/mol. The van der Waals surface area contributed by atoms with E-state index >= 15 is 0 Å². The van der Waals surface area contributed by atoms with Crippen molar-refractivity contribution >= 4 is 22.7 Å². The molecule has 0 radical (unpaired) electrons. The van der Waals surface area contributed by atoms with Crippen molar-refractivity contribution in [2.24, 2.45) is 5.73 Å². The molecule has 1 aromatic heterocycles. The number of piperidine rings is 1. The zero-order valence-corrected chi connectivity index (χ0v) is 16.4. The average molecular weight is 390 g/mol. The summed E-state index contributed by atoms with van der Waals surface area (Å²) in [5, 5.41) is 4.15. The molecule has 3 aromatic rings. The Hall–Kier alpha value is -3.12. The van der Waals surface area contributed by atoms with Crippen molar-refractivity contribution in [3.63, 3.8) is 0 Å². The number of carbonyl (C=O) groups is 2. The molecule has 1 fully saturated rings. The van der Waals surface area contributed by atoms with Crippen LogP contribution in [0, 0.1) is 0 Å². The molecule has 2 aromatic carbocycles. The minimum absolute atomic E-state index is 0.0404. The van der Waals surface area contributed by atoms with E-state index in [9.17, 15) is 9.59 Å². The molecule has 150 valence electrons. The van der Waals surface area contributed by atoms with Crippen LogP contribution in [0.25, 0.3) is 10.9 Å². The van der Waals surface area contributed by atoms with Crippen LogP contribution in [0.1, 0.15) is 28.8 Å². The summed E-state index contributed by atoms with van der Waals surface area (Å²) in [6, 6.07) is 18.4. The Morgan fingerprint density at radius 1 is 1.00 bits per heavy atom. The van der Waals surface area contributed by atoms with Gasteiger partial charge in [0.25, 0.3) is 5.91 Å². The van der Waals surface area contributed by atoms with Crippen LogP contribution in [0.2, 0.25) is 0 Å². The molecule has 0 spiro atoms. The van der Waals surface area contributed by atoms with E-state index in [1.807, 2.05) is 47.5 Å². The summed E-state index contributed by atoms with van der Waals surface area (Å²) in [6.07, 6.45) is 3.60. The molecule has 1 saturated heterocycles. The third kappa shape index (κ3) is 4.49. The normalized spacial score (nSPS) is 15.4. The maximum atomic E-state index is 13.0. The molecule has 2 amide bonds. The van der Waals surface area contributed by atoms with Crippen LogP contribution in [0.5, 0.6) is 0 Å². The summed E-state index contributed by atoms with van der Waals surface area (Å²) in [5.41, 5.74) is 8.23. The molecule has 2 heterocycles. The predicted molar refractivity (Wildman–Crippen MR) is 114 cm³/mol. The number of primary amides is 1. The zero-order valence-electron chi connectivity index (χ0n) is 16.4. The van der Waals surface area contributed by atoms with Crippen molar-refractivity contribution in [1.82, 2.24) is 14.8 Å². The van der Waals surface area contributed by atoms with Crippen molar-refractivity contribution in [2.75, 3.05) is 19.6 Å². The molecule has 0 unspecified atom stereocenters. The lowest BCUT2D eigenvalue weighted by atomic mass is 10.0. The Bertz CT molecular complexity index is 1000. The van der Waals surface area contributed by atoms with E-state index in [-0.39, 0.29) is 24.4 Å². The van der Waals surface area contributed by atoms with E-state index < -0.39 is 0 Å². The average Bonchev–Trinajstić information content (AvgIpc) is 3.09. The zero-order chi connectivity index (χ0) is 20.2. The second kappa shape index (κ2) is 8.49. The first-order valence-electron chi connectivity index (χ1n) is 10.0. The van der Waals surface area contributed by atoms with Gasteiger partial charge in [-0.05, 0) is 24.5 Å². The maximum absolute atomic E-state index is 13.0. The van der Waals surface area contributed by atoms with Crippen LogP contribution in [0.4, 0.5) is 0 Å². The Kier molecular flexibility index (Phi) is 5.62. The van der Waals surface area contributed by atoms with Crippen molar-refractivity contribution in [2.45, 2.75) is 25.4 Å². The van der Waals surface area contributed by atoms with Crippen molar-refractivity contribution in [1.29, 1.82) is 0 Å². The number of para-hydroxylation sites is 1. The molecule has 0 bridgehead atoms. The van der Waals surface area contributed by atoms with Crippen LogP contribution in [-0.4, -0.2) is 47.0 Å². The lowest BCUT2D eigenvalue weighted by Crippen LogP contribution is -2.46. The van der Waals surface area contributed by atoms with E-state index in [0.29, 0.717) is 5.56 Å². The Morgan fingerprint density at radius 2 is 1.69 bits per heavy atom. The van der Waals surface area contributed by atoms with Gasteiger partial charge >= 0.3 is 0 Å². The van der Waals surface area contributed by atoms with Gasteiger partial charge in [0.2, 0.25) is 5.91 Å². The van der Waals surface area contributed by atoms with E-state index in [1.54, 1.807) is 0 Å². The number of amides is 2. The van der Waals surface area contributed by atoms with Crippen LogP contribution in [-0.2, 0) is 11.3 Å². The quantitative estimate of drug-likeness (QED) is 0.678. The van der Waals surface area contributed by atoms with E-state index in [2.05, 4.69) is 28.1 Å². The Morgan fingerprint density at radius 3 is 2.41 bits per heavy atom. The number of rotatable bonds is 6. The van der Waals surface area contributed by atoms with Crippen LogP contribution < -0.4 is 11.1 Å². The van der Waals surface area contributed by atoms with Crippen molar-refractivity contribution < 1.29 is 9.59 Å². The molecule has 6 nitrogen and oxygen atoms in total. The highest BCUT2D eigenvalue weighted by Gasteiger charge is 2.23. The molecule has 0 saturated carbocycles. The molecule has 3 N–H and O–H groups in total. The highest BCUT2D eigenvalue weighted by atomic mass is 16.2. The lowest BCUT2D eigenvalue weighted by Gasteiger charge is -2.31. The topological polar surface area (TPSA) is 80.4 Å². The van der Waals surface area contributed by atoms with Gasteiger partial charge < -0.3 is 15.6 Å². The van der Waals surface area contributed by atoms with Crippen LogP contribution >= 0.6 is 0 Å². The number of hydrogen-bond acceptors (Lipinski definition) is 3. The molecule has 0 atom stereocenters. The predicted octanol–water partition coefficient (Wildman–Crippen LogP) is 2.37. The molecular formula is C23H26N4O2. The van der Waals surface area contributed by atoms with Gasteiger partial charge in [0.05, 0.1) is 12.1 Å². The monoisotopic (exact) mass is 390 g/mol. The second-order valence-corrected chi connectivity index (χ2v) is 7.66. The number of carbonyl (C=O) groups excluding carboxylic acids is 2. The Labute approximate surface area is 170 Å². The largest absolute Gasteiger partial charge is 0.369 e. The third-order valence-corrected chi connectivity index (χ3v) is 5.53. The first-order valence-corrected chi connectivity index (χ1v) is 10.0. The summed E-state index contributed by atoms with van der Waals surface area (Å²) in [5.74, 6) is -0.347. The molecule has 6 heteroatoms. The third-order valence-electron chi connectivity index (χ3n) is 5.53. The number of aromatic nitrogens is 1. The number of hydrogen-bond donors (Lipinski definition) is 2. The first-order chi connectivity index (χ1) is 14.1. The fraction of sp³-hybridized carbons (Fsp3) is 0.304. The lowest BCUT2D eigenvalue weighted by molar-refractivity contribution is -0.119. The first kappa shape index (κ1) is 19.2. The van der Waals surface area contributed by atoms with Crippen LogP contribution in [0.15, 0.2) is 60.8 Å². The van der Waals surface area contributed by atoms with E-state index in [0.717, 1.165) is 43.4 Å². The summed E-state index contributed by atoms with van der Waals surface area (Å²) in [7, 11) is 0. The summed E-state index contributed by atoms with van der Waals surface area (Å²) in [4.78, 5) is 26.2. The Balaban J connectivity index is 1.49. The van der Waals surface area contributed by atoms with Crippen molar-refractivity contribution in [3.8, 4) is 0 Å². The van der Waals surface area contributed by atoms with Gasteiger partial charge in [-0.1, -0.05) is 48.5 Å². The van der Waals surface area contributed by atoms with Gasteiger partial charge in [0.1, 0.15) is 0 Å². The van der Waals surface area contributed by atoms with Gasteiger partial charge in [-0.2, -0.15) is 0 Å². The second-order valence-electron chi connectivity index (χ2n) is 7.66. The fourth-order valence-electron chi connectivity index (χ4n) is 4.06. The van der Waals surface area contributed by atoms with Gasteiger partial charge in [0.15, 0.2) is 0 Å². The van der Waals surface area contributed by atoms with Gasteiger partial charge in [-0.3, -0.25) is 14.5 Å². The molecule has 1 aliphatic heterocycles. The molecule has 29 heavy (non-hydrogen) atoms. The minimum atomic E-state index is -0.307. The number of nitrogens with one attached hydrogen (secondary N) is 1. The number of likely N-dealkylation sites (tertiary alicyclic amines) is 1. The number of fused-ring (bicyclic) bond motifs is 1. The number of nitrogens with zero attached hydrogens (tertiary/aromatic N) is 2. The van der Waals surface area contributed by atoms with E-state index in [1.165, 1.54) is 5.56 Å². The maximum Gasteiger partial charge on any atom is 0.253 e. The summed E-state index contributed by atoms with van der Waals surface area (Å²) < 4.78 is 2.13. The highest BCUT2D eigenvalue weighted by molar-refractivity contribution is 6.07.